The van der Waals surface area contributed by atoms with E-state index in [1.54, 1.807) is 6.08 Å². The van der Waals surface area contributed by atoms with Gasteiger partial charge in [-0.15, -0.1) is 0 Å². The summed E-state index contributed by atoms with van der Waals surface area (Å²) in [4.78, 5) is 11.1. The van der Waals surface area contributed by atoms with E-state index in [0.717, 1.165) is 12.2 Å². The van der Waals surface area contributed by atoms with E-state index < -0.39 is 0 Å². The number of amides is 1. The minimum Gasteiger partial charge on any atom is -0.494 e. The van der Waals surface area contributed by atoms with Crippen LogP contribution in [0, 0.1) is 0 Å². The Morgan fingerprint density at radius 2 is 2.12 bits per heavy atom. The zero-order chi connectivity index (χ0) is 12.3. The summed E-state index contributed by atoms with van der Waals surface area (Å²) in [6.07, 6.45) is 3.84. The zero-order valence-corrected chi connectivity index (χ0v) is 9.76. The topological polar surface area (TPSA) is 64.4 Å². The first-order valence-corrected chi connectivity index (χ1v) is 5.65. The van der Waals surface area contributed by atoms with Gasteiger partial charge in [0.05, 0.1) is 6.61 Å². The molecule has 17 heavy (non-hydrogen) atoms. The maximum atomic E-state index is 11.1. The van der Waals surface area contributed by atoms with Crippen LogP contribution >= 0.6 is 0 Å². The van der Waals surface area contributed by atoms with E-state index >= 15 is 0 Å². The Morgan fingerprint density at radius 3 is 2.82 bits per heavy atom. The molecule has 0 aliphatic heterocycles. The average molecular weight is 234 g/mol. The molecular weight excluding hydrogens is 216 g/mol. The van der Waals surface area contributed by atoms with Crippen LogP contribution in [-0.4, -0.2) is 25.6 Å². The fourth-order valence-corrected chi connectivity index (χ4v) is 1.22. The smallest absolute Gasteiger partial charge is 0.243 e. The number of nitrogens with two attached hydrogens (primary N) is 1. The normalized spacial score (nSPS) is 10.4. The number of hydrogen-bond acceptors (Lipinski definition) is 3. The van der Waals surface area contributed by atoms with E-state index in [4.69, 9.17) is 10.5 Å². The van der Waals surface area contributed by atoms with Gasteiger partial charge in [-0.05, 0) is 18.6 Å². The summed E-state index contributed by atoms with van der Waals surface area (Å²) in [5, 5.41) is 2.74. The third-order valence-electron chi connectivity index (χ3n) is 2.04. The molecule has 92 valence electrons. The predicted molar refractivity (Wildman–Crippen MR) is 67.8 cm³/mol. The molecule has 3 N–H and O–H groups in total. The number of nitrogens with one attached hydrogen (secondary N) is 1. The molecule has 0 spiro atoms. The van der Waals surface area contributed by atoms with Gasteiger partial charge in [0.1, 0.15) is 5.75 Å². The highest BCUT2D eigenvalue weighted by Crippen LogP contribution is 2.07. The third kappa shape index (κ3) is 6.37. The highest BCUT2D eigenvalue weighted by atomic mass is 16.5. The Labute approximate surface area is 101 Å². The molecule has 0 atom stereocenters. The van der Waals surface area contributed by atoms with Crippen molar-refractivity contribution in [3.8, 4) is 5.75 Å². The van der Waals surface area contributed by atoms with Crippen LogP contribution in [0.15, 0.2) is 42.5 Å². The van der Waals surface area contributed by atoms with E-state index in [1.165, 1.54) is 6.08 Å². The summed E-state index contributed by atoms with van der Waals surface area (Å²) in [7, 11) is 0. The largest absolute Gasteiger partial charge is 0.494 e. The Balaban J connectivity index is 2.05. The van der Waals surface area contributed by atoms with Crippen molar-refractivity contribution >= 4 is 5.91 Å². The molecule has 1 aromatic rings. The van der Waals surface area contributed by atoms with Crippen molar-refractivity contribution in [1.82, 2.24) is 5.32 Å². The van der Waals surface area contributed by atoms with E-state index in [1.807, 2.05) is 30.3 Å². The number of para-hydroxylation sites is 1. The van der Waals surface area contributed by atoms with Crippen molar-refractivity contribution in [2.75, 3.05) is 19.7 Å². The Kier molecular flexibility index (Phi) is 6.51. The zero-order valence-electron chi connectivity index (χ0n) is 9.76. The molecule has 0 saturated heterocycles. The second kappa shape index (κ2) is 8.35. The number of benzene rings is 1. The SMILES string of the molecule is NC/C=C/C(=O)NCCCOc1ccccc1. The maximum absolute atomic E-state index is 11.1. The summed E-state index contributed by atoms with van der Waals surface area (Å²) >= 11 is 0. The monoisotopic (exact) mass is 234 g/mol. The van der Waals surface area contributed by atoms with Gasteiger partial charge in [0, 0.05) is 19.2 Å². The molecule has 0 radical (unpaired) electrons. The molecular formula is C13H18N2O2. The number of carbonyl (C=O) groups is 1. The Bertz CT molecular complexity index is 350. The van der Waals surface area contributed by atoms with Crippen molar-refractivity contribution < 1.29 is 9.53 Å². The predicted octanol–water partition coefficient (Wildman–Crippen LogP) is 1.09. The molecule has 1 aromatic carbocycles. The lowest BCUT2D eigenvalue weighted by Gasteiger charge is -2.05. The van der Waals surface area contributed by atoms with Gasteiger partial charge >= 0.3 is 0 Å². The van der Waals surface area contributed by atoms with Gasteiger partial charge in [-0.3, -0.25) is 4.79 Å². The minimum atomic E-state index is -0.116. The molecule has 0 aromatic heterocycles. The lowest BCUT2D eigenvalue weighted by molar-refractivity contribution is -0.116. The van der Waals surface area contributed by atoms with Crippen LogP contribution in [-0.2, 0) is 4.79 Å². The highest BCUT2D eigenvalue weighted by Gasteiger charge is 1.95. The summed E-state index contributed by atoms with van der Waals surface area (Å²) in [6, 6.07) is 9.60. The summed E-state index contributed by atoms with van der Waals surface area (Å²) in [5.41, 5.74) is 5.23. The third-order valence-corrected chi connectivity index (χ3v) is 2.04. The van der Waals surface area contributed by atoms with Crippen molar-refractivity contribution in [1.29, 1.82) is 0 Å². The summed E-state index contributed by atoms with van der Waals surface area (Å²) in [5.74, 6) is 0.733. The molecule has 0 aliphatic rings. The van der Waals surface area contributed by atoms with Crippen LogP contribution in [0.2, 0.25) is 0 Å². The van der Waals surface area contributed by atoms with Crippen LogP contribution in [0.4, 0.5) is 0 Å². The molecule has 1 amide bonds. The molecule has 0 saturated carbocycles. The first-order chi connectivity index (χ1) is 8.33. The minimum absolute atomic E-state index is 0.116. The first kappa shape index (κ1) is 13.3. The highest BCUT2D eigenvalue weighted by molar-refractivity contribution is 5.87. The number of hydrogen-bond donors (Lipinski definition) is 2. The molecule has 0 fully saturated rings. The average Bonchev–Trinajstić information content (AvgIpc) is 2.37. The van der Waals surface area contributed by atoms with Crippen molar-refractivity contribution in [2.45, 2.75) is 6.42 Å². The van der Waals surface area contributed by atoms with Gasteiger partial charge < -0.3 is 15.8 Å². The second-order valence-corrected chi connectivity index (χ2v) is 3.44. The molecule has 0 heterocycles. The maximum Gasteiger partial charge on any atom is 0.243 e. The van der Waals surface area contributed by atoms with Crippen LogP contribution in [0.5, 0.6) is 5.75 Å². The van der Waals surface area contributed by atoms with Crippen LogP contribution < -0.4 is 15.8 Å². The molecule has 0 aliphatic carbocycles. The van der Waals surface area contributed by atoms with E-state index in [2.05, 4.69) is 5.32 Å². The lowest BCUT2D eigenvalue weighted by Crippen LogP contribution is -2.23. The standard InChI is InChI=1S/C13H18N2O2/c14-9-4-8-13(16)15-10-5-11-17-12-6-2-1-3-7-12/h1-4,6-8H,5,9-11,14H2,(H,15,16)/b8-4+. The van der Waals surface area contributed by atoms with Gasteiger partial charge in [0.15, 0.2) is 0 Å². The van der Waals surface area contributed by atoms with Crippen LogP contribution in [0.1, 0.15) is 6.42 Å². The van der Waals surface area contributed by atoms with Gasteiger partial charge in [0.2, 0.25) is 5.91 Å². The van der Waals surface area contributed by atoms with E-state index in [9.17, 15) is 4.79 Å². The van der Waals surface area contributed by atoms with E-state index in [-0.39, 0.29) is 5.91 Å². The second-order valence-electron chi connectivity index (χ2n) is 3.44. The Hall–Kier alpha value is -1.81. The first-order valence-electron chi connectivity index (χ1n) is 5.65. The molecule has 4 nitrogen and oxygen atoms in total. The van der Waals surface area contributed by atoms with Gasteiger partial charge in [-0.1, -0.05) is 24.3 Å². The summed E-state index contributed by atoms with van der Waals surface area (Å²) in [6.45, 7) is 1.57. The van der Waals surface area contributed by atoms with Gasteiger partial charge in [-0.25, -0.2) is 0 Å². The van der Waals surface area contributed by atoms with Crippen molar-refractivity contribution in [3.63, 3.8) is 0 Å². The summed E-state index contributed by atoms with van der Waals surface area (Å²) < 4.78 is 5.48. The van der Waals surface area contributed by atoms with Crippen LogP contribution in [0.25, 0.3) is 0 Å². The van der Waals surface area contributed by atoms with Gasteiger partial charge in [0.25, 0.3) is 0 Å². The molecule has 0 bridgehead atoms. The molecule has 4 heteroatoms. The lowest BCUT2D eigenvalue weighted by atomic mass is 10.3. The van der Waals surface area contributed by atoms with Crippen molar-refractivity contribution in [3.05, 3.63) is 42.5 Å². The van der Waals surface area contributed by atoms with Gasteiger partial charge in [-0.2, -0.15) is 0 Å². The van der Waals surface area contributed by atoms with Crippen LogP contribution in [0.3, 0.4) is 0 Å². The number of carbonyl (C=O) groups excluding carboxylic acids is 1. The molecule has 1 rings (SSSR count). The fourth-order valence-electron chi connectivity index (χ4n) is 1.22. The van der Waals surface area contributed by atoms with E-state index in [0.29, 0.717) is 19.7 Å². The number of rotatable bonds is 7. The molecule has 0 unspecified atom stereocenters. The number of ether oxygens (including phenoxy) is 1. The van der Waals surface area contributed by atoms with Crippen molar-refractivity contribution in [2.24, 2.45) is 5.73 Å². The quantitative estimate of drug-likeness (QED) is 0.548. The fraction of sp³-hybridized carbons (Fsp3) is 0.308. The Morgan fingerprint density at radius 1 is 1.35 bits per heavy atom.